The summed E-state index contributed by atoms with van der Waals surface area (Å²) in [7, 11) is 0. The van der Waals surface area contributed by atoms with E-state index in [1.807, 2.05) is 24.3 Å². The van der Waals surface area contributed by atoms with Gasteiger partial charge in [0.25, 0.3) is 11.5 Å². The minimum absolute atomic E-state index is 0.145. The number of primary amides is 1. The van der Waals surface area contributed by atoms with Crippen LogP contribution in [0.3, 0.4) is 0 Å². The number of aromatic amines is 1. The molecule has 0 bridgehead atoms. The first-order chi connectivity index (χ1) is 13.5. The molecule has 0 fully saturated rings. The minimum atomic E-state index is -0.823. The Labute approximate surface area is 159 Å². The van der Waals surface area contributed by atoms with Crippen LogP contribution in [0.15, 0.2) is 47.9 Å². The van der Waals surface area contributed by atoms with Crippen molar-refractivity contribution in [3.8, 4) is 0 Å². The Morgan fingerprint density at radius 1 is 1.25 bits per heavy atom. The maximum Gasteiger partial charge on any atom is 0.263 e. The molecule has 3 heterocycles. The van der Waals surface area contributed by atoms with Crippen molar-refractivity contribution in [1.82, 2.24) is 29.6 Å². The lowest BCUT2D eigenvalue weighted by atomic mass is 9.93. The fourth-order valence-electron chi connectivity index (χ4n) is 3.28. The standard InChI is InChI=1S/C18H17N7O3/c19-16(26)14-5-11-3-1-2-4-12(11)7-25(14)18(28)13-6-21-15(23-17(13)27)8-24-10-20-9-22-24/h1-4,6,9-10,14H,5,7-8H2,(H2,19,26)(H,21,23,27)/t14-/m0/s1. The summed E-state index contributed by atoms with van der Waals surface area (Å²) in [6.45, 7) is 0.410. The number of nitrogens with zero attached hydrogens (tertiary/aromatic N) is 5. The van der Waals surface area contributed by atoms with Gasteiger partial charge < -0.3 is 15.6 Å². The zero-order valence-electron chi connectivity index (χ0n) is 14.8. The molecule has 0 spiro atoms. The number of fused-ring (bicyclic) bond motifs is 1. The minimum Gasteiger partial charge on any atom is -0.368 e. The summed E-state index contributed by atoms with van der Waals surface area (Å²) in [5, 5.41) is 3.94. The molecule has 1 atom stereocenters. The Morgan fingerprint density at radius 3 is 2.71 bits per heavy atom. The number of carbonyl (C=O) groups excluding carboxylic acids is 2. The average molecular weight is 379 g/mol. The summed E-state index contributed by atoms with van der Waals surface area (Å²) in [5.41, 5.74) is 6.67. The Morgan fingerprint density at radius 2 is 2.04 bits per heavy atom. The molecule has 3 N–H and O–H groups in total. The molecule has 2 aromatic heterocycles. The van der Waals surface area contributed by atoms with Crippen molar-refractivity contribution in [2.45, 2.75) is 25.6 Å². The number of amides is 2. The first-order valence-electron chi connectivity index (χ1n) is 8.60. The smallest absolute Gasteiger partial charge is 0.263 e. The number of nitrogens with two attached hydrogens (primary N) is 1. The number of carbonyl (C=O) groups is 2. The number of rotatable bonds is 4. The predicted octanol–water partition coefficient (Wildman–Crippen LogP) is -0.538. The molecule has 0 saturated heterocycles. The number of hydrogen-bond donors (Lipinski definition) is 2. The highest BCUT2D eigenvalue weighted by molar-refractivity contribution is 5.97. The largest absolute Gasteiger partial charge is 0.368 e. The van der Waals surface area contributed by atoms with Crippen LogP contribution < -0.4 is 11.3 Å². The average Bonchev–Trinajstić information content (AvgIpc) is 3.19. The topological polar surface area (TPSA) is 140 Å². The van der Waals surface area contributed by atoms with Crippen LogP contribution >= 0.6 is 0 Å². The van der Waals surface area contributed by atoms with Crippen molar-refractivity contribution in [3.63, 3.8) is 0 Å². The van der Waals surface area contributed by atoms with E-state index in [1.54, 1.807) is 0 Å². The van der Waals surface area contributed by atoms with E-state index < -0.39 is 23.4 Å². The lowest BCUT2D eigenvalue weighted by Gasteiger charge is -2.34. The predicted molar refractivity (Wildman–Crippen MR) is 97.0 cm³/mol. The van der Waals surface area contributed by atoms with Gasteiger partial charge in [0.05, 0.1) is 0 Å². The molecule has 3 aromatic rings. The van der Waals surface area contributed by atoms with E-state index in [9.17, 15) is 14.4 Å². The molecular formula is C18H17N7O3. The third kappa shape index (κ3) is 3.27. The molecule has 142 valence electrons. The van der Waals surface area contributed by atoms with Gasteiger partial charge in [-0.05, 0) is 11.1 Å². The summed E-state index contributed by atoms with van der Waals surface area (Å²) >= 11 is 0. The van der Waals surface area contributed by atoms with Gasteiger partial charge in [-0.2, -0.15) is 5.10 Å². The molecule has 1 aromatic carbocycles. The van der Waals surface area contributed by atoms with Crippen LogP contribution in [0.4, 0.5) is 0 Å². The third-order valence-electron chi connectivity index (χ3n) is 4.70. The number of hydrogen-bond acceptors (Lipinski definition) is 6. The maximum absolute atomic E-state index is 13.0. The number of H-pyrrole nitrogens is 1. The van der Waals surface area contributed by atoms with Crippen molar-refractivity contribution in [1.29, 1.82) is 0 Å². The summed E-state index contributed by atoms with van der Waals surface area (Å²) in [6.07, 6.45) is 4.38. The van der Waals surface area contributed by atoms with Crippen LogP contribution in [0.1, 0.15) is 27.3 Å². The van der Waals surface area contributed by atoms with Gasteiger partial charge in [-0.3, -0.25) is 14.4 Å². The van der Waals surface area contributed by atoms with E-state index in [0.29, 0.717) is 12.2 Å². The Hall–Kier alpha value is -3.82. The van der Waals surface area contributed by atoms with E-state index in [-0.39, 0.29) is 18.7 Å². The first kappa shape index (κ1) is 17.6. The van der Waals surface area contributed by atoms with E-state index in [2.05, 4.69) is 20.1 Å². The molecule has 0 saturated carbocycles. The second-order valence-corrected chi connectivity index (χ2v) is 6.49. The second kappa shape index (κ2) is 7.06. The molecule has 1 aliphatic rings. The fraction of sp³-hybridized carbons (Fsp3) is 0.222. The number of benzene rings is 1. The lowest BCUT2D eigenvalue weighted by molar-refractivity contribution is -0.122. The normalized spacial score (nSPS) is 15.9. The second-order valence-electron chi connectivity index (χ2n) is 6.49. The van der Waals surface area contributed by atoms with E-state index >= 15 is 0 Å². The Kier molecular flexibility index (Phi) is 4.44. The first-order valence-corrected chi connectivity index (χ1v) is 8.60. The fourth-order valence-corrected chi connectivity index (χ4v) is 3.28. The summed E-state index contributed by atoms with van der Waals surface area (Å²) in [6, 6.07) is 6.70. The molecule has 0 radical (unpaired) electrons. The molecule has 0 unspecified atom stereocenters. The van der Waals surface area contributed by atoms with Gasteiger partial charge >= 0.3 is 0 Å². The van der Waals surface area contributed by atoms with Crippen LogP contribution in [0.25, 0.3) is 0 Å². The SMILES string of the molecule is NC(=O)[C@@H]1Cc2ccccc2CN1C(=O)c1cnc(Cn2cncn2)[nH]c1=O. The highest BCUT2D eigenvalue weighted by Gasteiger charge is 2.34. The van der Waals surface area contributed by atoms with Crippen molar-refractivity contribution in [3.05, 3.63) is 76.0 Å². The van der Waals surface area contributed by atoms with Gasteiger partial charge in [0.2, 0.25) is 5.91 Å². The molecule has 10 nitrogen and oxygen atoms in total. The van der Waals surface area contributed by atoms with Gasteiger partial charge in [-0.1, -0.05) is 24.3 Å². The monoisotopic (exact) mass is 379 g/mol. The van der Waals surface area contributed by atoms with Gasteiger partial charge in [-0.25, -0.2) is 14.6 Å². The summed E-state index contributed by atoms with van der Waals surface area (Å²) in [5.74, 6) is -0.864. The van der Waals surface area contributed by atoms with Gasteiger partial charge in [0.15, 0.2) is 0 Å². The summed E-state index contributed by atoms with van der Waals surface area (Å²) < 4.78 is 1.49. The van der Waals surface area contributed by atoms with Crippen LogP contribution in [-0.4, -0.2) is 47.5 Å². The highest BCUT2D eigenvalue weighted by Crippen LogP contribution is 2.24. The zero-order valence-corrected chi connectivity index (χ0v) is 14.8. The third-order valence-corrected chi connectivity index (χ3v) is 4.70. The molecule has 10 heteroatoms. The van der Waals surface area contributed by atoms with Crippen molar-refractivity contribution < 1.29 is 9.59 Å². The van der Waals surface area contributed by atoms with E-state index in [4.69, 9.17) is 5.73 Å². The van der Waals surface area contributed by atoms with Gasteiger partial charge in [-0.15, -0.1) is 0 Å². The highest BCUT2D eigenvalue weighted by atomic mass is 16.2. The molecular weight excluding hydrogens is 362 g/mol. The number of nitrogens with one attached hydrogen (secondary N) is 1. The number of aromatic nitrogens is 5. The van der Waals surface area contributed by atoms with Crippen molar-refractivity contribution in [2.75, 3.05) is 0 Å². The van der Waals surface area contributed by atoms with E-state index in [0.717, 1.165) is 11.1 Å². The summed E-state index contributed by atoms with van der Waals surface area (Å²) in [4.78, 5) is 49.3. The maximum atomic E-state index is 13.0. The lowest BCUT2D eigenvalue weighted by Crippen LogP contribution is -2.52. The van der Waals surface area contributed by atoms with Crippen LogP contribution in [0, 0.1) is 0 Å². The Balaban J connectivity index is 1.62. The Bertz CT molecular complexity index is 1090. The molecule has 0 aliphatic carbocycles. The molecule has 28 heavy (non-hydrogen) atoms. The zero-order chi connectivity index (χ0) is 19.7. The van der Waals surface area contributed by atoms with Gasteiger partial charge in [0, 0.05) is 19.2 Å². The molecule has 1 aliphatic heterocycles. The van der Waals surface area contributed by atoms with Crippen molar-refractivity contribution >= 4 is 11.8 Å². The molecule has 4 rings (SSSR count). The quantitative estimate of drug-likeness (QED) is 0.624. The van der Waals surface area contributed by atoms with E-state index in [1.165, 1.54) is 28.4 Å². The molecule has 2 amide bonds. The van der Waals surface area contributed by atoms with Crippen molar-refractivity contribution in [2.24, 2.45) is 5.73 Å². The van der Waals surface area contributed by atoms with Crippen LogP contribution in [0.5, 0.6) is 0 Å². The van der Waals surface area contributed by atoms with Gasteiger partial charge in [0.1, 0.15) is 36.6 Å². The van der Waals surface area contributed by atoms with Crippen LogP contribution in [-0.2, 0) is 24.3 Å². The van der Waals surface area contributed by atoms with Crippen LogP contribution in [0.2, 0.25) is 0 Å².